The molecule has 0 aliphatic heterocycles. The van der Waals surface area contributed by atoms with E-state index < -0.39 is 0 Å². The van der Waals surface area contributed by atoms with Crippen LogP contribution in [0.5, 0.6) is 0 Å². The molecular weight excluding hydrogens is 146 g/mol. The van der Waals surface area contributed by atoms with E-state index in [1.807, 2.05) is 6.92 Å². The fourth-order valence-corrected chi connectivity index (χ4v) is 1.26. The van der Waals surface area contributed by atoms with Crippen molar-refractivity contribution in [2.24, 2.45) is 0 Å². The summed E-state index contributed by atoms with van der Waals surface area (Å²) in [5.74, 6) is 0.205. The summed E-state index contributed by atoms with van der Waals surface area (Å²) in [7, 11) is 0. The SMILES string of the molecule is CCCC(=O)c1cnsc1. The lowest BCUT2D eigenvalue weighted by Gasteiger charge is -1.90. The molecule has 0 saturated carbocycles. The molecule has 0 fully saturated rings. The van der Waals surface area contributed by atoms with Crippen molar-refractivity contribution in [1.82, 2.24) is 4.37 Å². The van der Waals surface area contributed by atoms with Gasteiger partial charge in [-0.1, -0.05) is 6.92 Å². The van der Waals surface area contributed by atoms with Crippen molar-refractivity contribution in [1.29, 1.82) is 0 Å². The Morgan fingerprint density at radius 3 is 3.10 bits per heavy atom. The molecule has 1 heterocycles. The van der Waals surface area contributed by atoms with E-state index >= 15 is 0 Å². The third kappa shape index (κ3) is 1.64. The van der Waals surface area contributed by atoms with E-state index in [4.69, 9.17) is 0 Å². The van der Waals surface area contributed by atoms with Gasteiger partial charge < -0.3 is 0 Å². The molecule has 0 bridgehead atoms. The third-order valence-electron chi connectivity index (χ3n) is 1.23. The number of hydrogen-bond donors (Lipinski definition) is 0. The van der Waals surface area contributed by atoms with Crippen LogP contribution in [0.3, 0.4) is 0 Å². The third-order valence-corrected chi connectivity index (χ3v) is 1.82. The second-order valence-electron chi connectivity index (χ2n) is 2.09. The largest absolute Gasteiger partial charge is 0.294 e. The molecule has 0 aliphatic rings. The highest BCUT2D eigenvalue weighted by Gasteiger charge is 2.03. The van der Waals surface area contributed by atoms with Gasteiger partial charge in [0.2, 0.25) is 0 Å². The molecule has 2 nitrogen and oxygen atoms in total. The van der Waals surface area contributed by atoms with Crippen molar-refractivity contribution in [3.8, 4) is 0 Å². The van der Waals surface area contributed by atoms with E-state index in [0.29, 0.717) is 6.42 Å². The molecule has 0 saturated heterocycles. The molecule has 0 spiro atoms. The van der Waals surface area contributed by atoms with Crippen molar-refractivity contribution in [3.05, 3.63) is 17.1 Å². The number of rotatable bonds is 3. The highest BCUT2D eigenvalue weighted by atomic mass is 32.1. The molecule has 0 atom stereocenters. The topological polar surface area (TPSA) is 30.0 Å². The summed E-state index contributed by atoms with van der Waals surface area (Å²) in [4.78, 5) is 11.1. The molecule has 0 amide bonds. The highest BCUT2D eigenvalue weighted by molar-refractivity contribution is 7.03. The van der Waals surface area contributed by atoms with E-state index in [9.17, 15) is 4.79 Å². The molecule has 10 heavy (non-hydrogen) atoms. The number of nitrogens with zero attached hydrogens (tertiary/aromatic N) is 1. The molecule has 0 aromatic carbocycles. The Morgan fingerprint density at radius 1 is 1.80 bits per heavy atom. The second kappa shape index (κ2) is 3.46. The van der Waals surface area contributed by atoms with Crippen LogP contribution in [0.15, 0.2) is 11.6 Å². The zero-order chi connectivity index (χ0) is 7.40. The maximum absolute atomic E-state index is 11.1. The Hall–Kier alpha value is -0.700. The van der Waals surface area contributed by atoms with Gasteiger partial charge in [0.05, 0.1) is 6.20 Å². The first-order chi connectivity index (χ1) is 4.84. The Morgan fingerprint density at radius 2 is 2.60 bits per heavy atom. The predicted octanol–water partition coefficient (Wildman–Crippen LogP) is 2.13. The zero-order valence-electron chi connectivity index (χ0n) is 5.83. The van der Waals surface area contributed by atoms with Crippen molar-refractivity contribution in [2.75, 3.05) is 0 Å². The minimum Gasteiger partial charge on any atom is -0.294 e. The van der Waals surface area contributed by atoms with Crippen LogP contribution < -0.4 is 0 Å². The van der Waals surface area contributed by atoms with Crippen LogP contribution in [0.4, 0.5) is 0 Å². The first kappa shape index (κ1) is 7.41. The lowest BCUT2D eigenvalue weighted by Crippen LogP contribution is -1.94. The lowest BCUT2D eigenvalue weighted by atomic mass is 10.1. The Balaban J connectivity index is 2.59. The molecule has 1 aromatic rings. The van der Waals surface area contributed by atoms with Crippen molar-refractivity contribution < 1.29 is 4.79 Å². The quantitative estimate of drug-likeness (QED) is 0.626. The second-order valence-corrected chi connectivity index (χ2v) is 2.74. The maximum atomic E-state index is 11.1. The summed E-state index contributed by atoms with van der Waals surface area (Å²) in [5, 5.41) is 1.79. The molecule has 1 aromatic heterocycles. The van der Waals surface area contributed by atoms with Gasteiger partial charge in [0, 0.05) is 17.4 Å². The molecule has 0 unspecified atom stereocenters. The fraction of sp³-hybridized carbons (Fsp3) is 0.429. The van der Waals surface area contributed by atoms with Crippen LogP contribution in [-0.4, -0.2) is 10.2 Å². The van der Waals surface area contributed by atoms with Crippen molar-refractivity contribution >= 4 is 17.3 Å². The fourth-order valence-electron chi connectivity index (χ4n) is 0.714. The summed E-state index contributed by atoms with van der Waals surface area (Å²) in [6.07, 6.45) is 3.18. The Kier molecular flexibility index (Phi) is 2.57. The van der Waals surface area contributed by atoms with Crippen molar-refractivity contribution in [2.45, 2.75) is 19.8 Å². The number of aromatic nitrogens is 1. The normalized spacial score (nSPS) is 9.70. The van der Waals surface area contributed by atoms with E-state index in [-0.39, 0.29) is 5.78 Å². The number of ketones is 1. The van der Waals surface area contributed by atoms with Gasteiger partial charge in [-0.15, -0.1) is 0 Å². The number of carbonyl (C=O) groups excluding carboxylic acids is 1. The first-order valence-electron chi connectivity index (χ1n) is 3.27. The van der Waals surface area contributed by atoms with Gasteiger partial charge in [-0.25, -0.2) is 4.37 Å². The van der Waals surface area contributed by atoms with Crippen LogP contribution in [0.1, 0.15) is 30.1 Å². The van der Waals surface area contributed by atoms with Crippen LogP contribution >= 0.6 is 11.5 Å². The Labute approximate surface area is 64.1 Å². The summed E-state index contributed by atoms with van der Waals surface area (Å²) in [5.41, 5.74) is 0.756. The van der Waals surface area contributed by atoms with E-state index in [1.165, 1.54) is 11.5 Å². The average Bonchev–Trinajstić information content (AvgIpc) is 2.38. The summed E-state index contributed by atoms with van der Waals surface area (Å²) in [6, 6.07) is 0. The van der Waals surface area contributed by atoms with Gasteiger partial charge in [0.25, 0.3) is 0 Å². The minimum absolute atomic E-state index is 0.205. The highest BCUT2D eigenvalue weighted by Crippen LogP contribution is 2.06. The minimum atomic E-state index is 0.205. The van der Waals surface area contributed by atoms with Gasteiger partial charge >= 0.3 is 0 Å². The molecule has 54 valence electrons. The van der Waals surface area contributed by atoms with E-state index in [2.05, 4.69) is 4.37 Å². The van der Waals surface area contributed by atoms with Gasteiger partial charge in [0.15, 0.2) is 5.78 Å². The predicted molar refractivity (Wildman–Crippen MR) is 41.4 cm³/mol. The van der Waals surface area contributed by atoms with E-state index in [0.717, 1.165) is 12.0 Å². The van der Waals surface area contributed by atoms with Gasteiger partial charge in [-0.2, -0.15) is 0 Å². The van der Waals surface area contributed by atoms with Gasteiger partial charge in [-0.05, 0) is 18.0 Å². The summed E-state index contributed by atoms with van der Waals surface area (Å²) in [6.45, 7) is 2.00. The lowest BCUT2D eigenvalue weighted by molar-refractivity contribution is 0.0982. The molecule has 3 heteroatoms. The van der Waals surface area contributed by atoms with Crippen LogP contribution in [0.2, 0.25) is 0 Å². The number of carbonyl (C=O) groups is 1. The van der Waals surface area contributed by atoms with Crippen LogP contribution in [0.25, 0.3) is 0 Å². The number of Topliss-reactive ketones (excluding diaryl/α,β-unsaturated/α-hetero) is 1. The standard InChI is InChI=1S/C7H9NOS/c1-2-3-7(9)6-4-8-10-5-6/h4-5H,2-3H2,1H3. The molecule has 0 aliphatic carbocycles. The zero-order valence-corrected chi connectivity index (χ0v) is 6.65. The smallest absolute Gasteiger partial charge is 0.165 e. The molecule has 1 rings (SSSR count). The van der Waals surface area contributed by atoms with Crippen molar-refractivity contribution in [3.63, 3.8) is 0 Å². The number of hydrogen-bond acceptors (Lipinski definition) is 3. The van der Waals surface area contributed by atoms with E-state index in [1.54, 1.807) is 11.6 Å². The Bertz CT molecular complexity index is 205. The molecular formula is C7H9NOS. The summed E-state index contributed by atoms with van der Waals surface area (Å²) < 4.78 is 3.85. The molecule has 0 radical (unpaired) electrons. The molecule has 0 N–H and O–H groups in total. The van der Waals surface area contributed by atoms with Crippen LogP contribution in [0, 0.1) is 0 Å². The maximum Gasteiger partial charge on any atom is 0.165 e. The van der Waals surface area contributed by atoms with Gasteiger partial charge in [-0.3, -0.25) is 4.79 Å². The average molecular weight is 155 g/mol. The summed E-state index contributed by atoms with van der Waals surface area (Å²) >= 11 is 1.32. The van der Waals surface area contributed by atoms with Gasteiger partial charge in [0.1, 0.15) is 0 Å². The monoisotopic (exact) mass is 155 g/mol. The van der Waals surface area contributed by atoms with Crippen LogP contribution in [-0.2, 0) is 0 Å². The first-order valence-corrected chi connectivity index (χ1v) is 4.11.